The summed E-state index contributed by atoms with van der Waals surface area (Å²) in [7, 11) is -1.91. The summed E-state index contributed by atoms with van der Waals surface area (Å²) >= 11 is 4.76. The number of nitrogens with zero attached hydrogens (tertiary/aromatic N) is 1. The van der Waals surface area contributed by atoms with Crippen LogP contribution >= 0.6 is 27.3 Å². The van der Waals surface area contributed by atoms with Crippen LogP contribution in [0.25, 0.3) is 10.4 Å². The van der Waals surface area contributed by atoms with E-state index in [-0.39, 0.29) is 29.0 Å². The molecule has 1 saturated heterocycles. The summed E-state index contributed by atoms with van der Waals surface area (Å²) in [6.07, 6.45) is 2.96. The highest BCUT2D eigenvalue weighted by atomic mass is 79.9. The van der Waals surface area contributed by atoms with Crippen molar-refractivity contribution in [1.82, 2.24) is 4.31 Å². The van der Waals surface area contributed by atoms with Gasteiger partial charge in [0.1, 0.15) is 5.60 Å². The molecule has 0 radical (unpaired) electrons. The Hall–Kier alpha value is -2.15. The number of sulfonamides is 1. The number of rotatable bonds is 11. The molecule has 3 rings (SSSR count). The first kappa shape index (κ1) is 31.4. The van der Waals surface area contributed by atoms with Crippen LogP contribution in [-0.4, -0.2) is 68.9 Å². The maximum atomic E-state index is 12.5. The zero-order valence-electron chi connectivity index (χ0n) is 23.0. The third-order valence-electron chi connectivity index (χ3n) is 6.03. The summed E-state index contributed by atoms with van der Waals surface area (Å²) in [6.45, 7) is 7.93. The lowest BCUT2D eigenvalue weighted by atomic mass is 10.1. The Bertz CT molecular complexity index is 1260. The molecule has 9 nitrogen and oxygen atoms in total. The van der Waals surface area contributed by atoms with Crippen molar-refractivity contribution in [2.75, 3.05) is 37.9 Å². The molecule has 0 atom stereocenters. The molecule has 1 aromatic carbocycles. The number of nitrogens with one attached hydrogen (secondary N) is 1. The van der Waals surface area contributed by atoms with Gasteiger partial charge in [0.05, 0.1) is 22.2 Å². The molecule has 0 saturated carbocycles. The summed E-state index contributed by atoms with van der Waals surface area (Å²) in [4.78, 5) is 25.7. The predicted octanol–water partition coefficient (Wildman–Crippen LogP) is 5.69. The van der Waals surface area contributed by atoms with Crippen LogP contribution in [0.5, 0.6) is 5.75 Å². The van der Waals surface area contributed by atoms with Gasteiger partial charge in [-0.2, -0.15) is 0 Å². The lowest BCUT2D eigenvalue weighted by Crippen LogP contribution is -2.43. The number of methoxy groups -OCH3 is 1. The molecule has 0 bridgehead atoms. The van der Waals surface area contributed by atoms with Crippen LogP contribution in [-0.2, 0) is 24.3 Å². The van der Waals surface area contributed by atoms with Crippen molar-refractivity contribution in [1.29, 1.82) is 0 Å². The monoisotopic (exact) mass is 644 g/mol. The molecule has 0 spiro atoms. The van der Waals surface area contributed by atoms with Gasteiger partial charge in [-0.05, 0) is 73.7 Å². The van der Waals surface area contributed by atoms with E-state index in [2.05, 4.69) is 21.2 Å². The SMILES string of the molecule is CCCCS(=O)(=O)N1CCC(Nc2cccc(-c3sc(C(=O)OC)c(OCC(=O)OC(C)(C)C)c3Br)c2)CC1. The smallest absolute Gasteiger partial charge is 0.351 e. The van der Waals surface area contributed by atoms with E-state index in [1.54, 1.807) is 25.1 Å². The van der Waals surface area contributed by atoms with Crippen molar-refractivity contribution in [3.8, 4) is 16.2 Å². The molecule has 1 N–H and O–H groups in total. The first-order valence-electron chi connectivity index (χ1n) is 12.9. The van der Waals surface area contributed by atoms with Crippen molar-refractivity contribution in [2.24, 2.45) is 0 Å². The highest BCUT2D eigenvalue weighted by molar-refractivity contribution is 9.10. The lowest BCUT2D eigenvalue weighted by molar-refractivity contribution is -0.157. The van der Waals surface area contributed by atoms with Crippen LogP contribution in [0.15, 0.2) is 28.7 Å². The van der Waals surface area contributed by atoms with Crippen LogP contribution in [0.3, 0.4) is 0 Å². The number of benzene rings is 1. The van der Waals surface area contributed by atoms with Crippen molar-refractivity contribution >= 4 is 54.9 Å². The number of halogens is 1. The number of ether oxygens (including phenoxy) is 3. The predicted molar refractivity (Wildman–Crippen MR) is 157 cm³/mol. The first-order chi connectivity index (χ1) is 18.3. The minimum Gasteiger partial charge on any atom is -0.479 e. The fourth-order valence-electron chi connectivity index (χ4n) is 4.16. The van der Waals surface area contributed by atoms with Crippen LogP contribution in [0.2, 0.25) is 0 Å². The molecule has 0 aliphatic carbocycles. The summed E-state index contributed by atoms with van der Waals surface area (Å²) < 4.78 is 43.2. The molecule has 1 aliphatic rings. The van der Waals surface area contributed by atoms with Gasteiger partial charge in [0, 0.05) is 24.8 Å². The van der Waals surface area contributed by atoms with Crippen LogP contribution in [0.4, 0.5) is 5.69 Å². The second kappa shape index (κ2) is 13.5. The molecule has 12 heteroatoms. The van der Waals surface area contributed by atoms with Gasteiger partial charge in [-0.3, -0.25) is 0 Å². The summed E-state index contributed by atoms with van der Waals surface area (Å²) in [6, 6.07) is 7.90. The van der Waals surface area contributed by atoms with Crippen molar-refractivity contribution in [3.05, 3.63) is 33.6 Å². The Morgan fingerprint density at radius 1 is 1.21 bits per heavy atom. The molecule has 2 aromatic rings. The number of hydrogen-bond acceptors (Lipinski definition) is 9. The highest BCUT2D eigenvalue weighted by Gasteiger charge is 2.29. The van der Waals surface area contributed by atoms with Gasteiger partial charge in [-0.15, -0.1) is 11.3 Å². The standard InChI is InChI=1S/C27H37BrN2O7S2/c1-6-7-15-39(33,34)30-13-11-19(12-14-30)29-20-10-8-9-18(16-20)24-22(28)23(25(38-24)26(32)35-5)36-17-21(31)37-27(2,3)4/h8-10,16,19,29H,6-7,11-15,17H2,1-5H3. The Kier molecular flexibility index (Phi) is 10.8. The molecule has 1 aliphatic heterocycles. The second-order valence-corrected chi connectivity index (χ2v) is 14.2. The minimum absolute atomic E-state index is 0.142. The molecule has 39 heavy (non-hydrogen) atoms. The van der Waals surface area contributed by atoms with E-state index in [0.717, 1.165) is 22.5 Å². The largest absolute Gasteiger partial charge is 0.479 e. The highest BCUT2D eigenvalue weighted by Crippen LogP contribution is 2.46. The molecular weight excluding hydrogens is 608 g/mol. The van der Waals surface area contributed by atoms with Gasteiger partial charge in [0.15, 0.2) is 17.2 Å². The molecule has 1 aromatic heterocycles. The third kappa shape index (κ3) is 8.67. The van der Waals surface area contributed by atoms with E-state index in [4.69, 9.17) is 14.2 Å². The van der Waals surface area contributed by atoms with Crippen molar-refractivity contribution in [2.45, 2.75) is 65.0 Å². The number of piperidine rings is 1. The molecule has 216 valence electrons. The molecule has 2 heterocycles. The fraction of sp³-hybridized carbons (Fsp3) is 0.556. The summed E-state index contributed by atoms with van der Waals surface area (Å²) in [5, 5.41) is 3.53. The number of carbonyl (C=O) groups excluding carboxylic acids is 2. The lowest BCUT2D eigenvalue weighted by Gasteiger charge is -2.32. The molecule has 1 fully saturated rings. The maximum absolute atomic E-state index is 12.5. The second-order valence-electron chi connectivity index (χ2n) is 10.3. The van der Waals surface area contributed by atoms with Gasteiger partial charge < -0.3 is 19.5 Å². The number of carbonyl (C=O) groups is 2. The van der Waals surface area contributed by atoms with Gasteiger partial charge in [-0.1, -0.05) is 25.5 Å². The minimum atomic E-state index is -3.20. The van der Waals surface area contributed by atoms with Crippen LogP contribution in [0.1, 0.15) is 63.0 Å². The van der Waals surface area contributed by atoms with Crippen molar-refractivity contribution in [3.63, 3.8) is 0 Å². The summed E-state index contributed by atoms with van der Waals surface area (Å²) in [5.41, 5.74) is 1.07. The Morgan fingerprint density at radius 3 is 2.51 bits per heavy atom. The normalized spacial score (nSPS) is 15.1. The maximum Gasteiger partial charge on any atom is 0.351 e. The average molecular weight is 646 g/mol. The van der Waals surface area contributed by atoms with Gasteiger partial charge >= 0.3 is 11.9 Å². The molecular formula is C27H37BrN2O7S2. The number of hydrogen-bond donors (Lipinski definition) is 1. The van der Waals surface area contributed by atoms with E-state index in [1.165, 1.54) is 18.4 Å². The Morgan fingerprint density at radius 2 is 1.90 bits per heavy atom. The first-order valence-corrected chi connectivity index (χ1v) is 16.2. The average Bonchev–Trinajstić information content (AvgIpc) is 3.21. The van der Waals surface area contributed by atoms with Crippen LogP contribution in [0, 0.1) is 0 Å². The van der Waals surface area contributed by atoms with E-state index >= 15 is 0 Å². The Labute approximate surface area is 243 Å². The number of thiophene rings is 1. The number of anilines is 1. The van der Waals surface area contributed by atoms with Gasteiger partial charge in [0.25, 0.3) is 0 Å². The number of unbranched alkanes of at least 4 members (excludes halogenated alkanes) is 1. The van der Waals surface area contributed by atoms with Gasteiger partial charge in [-0.25, -0.2) is 22.3 Å². The van der Waals surface area contributed by atoms with Crippen molar-refractivity contribution < 1.29 is 32.2 Å². The molecule has 0 amide bonds. The van der Waals surface area contributed by atoms with E-state index < -0.39 is 27.6 Å². The van der Waals surface area contributed by atoms with E-state index in [9.17, 15) is 18.0 Å². The topological polar surface area (TPSA) is 111 Å². The van der Waals surface area contributed by atoms with E-state index in [0.29, 0.717) is 36.8 Å². The Balaban J connectivity index is 1.74. The third-order valence-corrected chi connectivity index (χ3v) is 10.2. The zero-order chi connectivity index (χ0) is 28.8. The quantitative estimate of drug-likeness (QED) is 0.311. The summed E-state index contributed by atoms with van der Waals surface area (Å²) in [5.74, 6) is -0.687. The fourth-order valence-corrected chi connectivity index (χ4v) is 7.81. The van der Waals surface area contributed by atoms with Gasteiger partial charge in [0.2, 0.25) is 10.0 Å². The van der Waals surface area contributed by atoms with Crippen LogP contribution < -0.4 is 10.1 Å². The zero-order valence-corrected chi connectivity index (χ0v) is 26.3. The van der Waals surface area contributed by atoms with E-state index in [1.807, 2.05) is 31.2 Å². The number of esters is 2. The molecule has 0 unspecified atom stereocenters.